The van der Waals surface area contributed by atoms with E-state index in [1.165, 1.54) is 37.5 Å². The molecule has 5 nitrogen and oxygen atoms in total. The number of hydrogen-bond acceptors (Lipinski definition) is 5. The van der Waals surface area contributed by atoms with Gasteiger partial charge in [0.2, 0.25) is 0 Å². The van der Waals surface area contributed by atoms with Gasteiger partial charge < -0.3 is 19.1 Å². The number of ketones is 1. The highest BCUT2D eigenvalue weighted by Gasteiger charge is 2.16. The molecule has 0 bridgehead atoms. The molecule has 0 radical (unpaired) electrons. The first kappa shape index (κ1) is 20.7. The number of hydrogen-bond donors (Lipinski definition) is 0. The van der Waals surface area contributed by atoms with Gasteiger partial charge in [-0.2, -0.15) is 8.78 Å². The molecule has 0 aliphatic carbocycles. The summed E-state index contributed by atoms with van der Waals surface area (Å²) in [7, 11) is 1.34. The van der Waals surface area contributed by atoms with Crippen molar-refractivity contribution in [2.24, 2.45) is 0 Å². The second-order valence-electron chi connectivity index (χ2n) is 6.25. The van der Waals surface area contributed by atoms with Gasteiger partial charge in [0, 0.05) is 18.7 Å². The van der Waals surface area contributed by atoms with Gasteiger partial charge in [0.15, 0.2) is 17.3 Å². The molecule has 0 aromatic heterocycles. The molecule has 1 heterocycles. The number of carbonyl (C=O) groups is 1. The van der Waals surface area contributed by atoms with Crippen LogP contribution in [0, 0.1) is 5.82 Å². The summed E-state index contributed by atoms with van der Waals surface area (Å²) >= 11 is 0. The van der Waals surface area contributed by atoms with E-state index in [-0.39, 0.29) is 17.1 Å². The van der Waals surface area contributed by atoms with Crippen LogP contribution in [0.3, 0.4) is 0 Å². The maximum atomic E-state index is 14.5. The molecular formula is C21H20F3NO4. The molecule has 1 fully saturated rings. The van der Waals surface area contributed by atoms with E-state index in [2.05, 4.69) is 4.74 Å². The lowest BCUT2D eigenvalue weighted by Crippen LogP contribution is -2.36. The van der Waals surface area contributed by atoms with Crippen LogP contribution < -0.4 is 14.4 Å². The SMILES string of the molecule is COc1ccc(C=CC(=O)c2ccc(N3CCOCC3)c(F)c2)cc1OC(F)F. The maximum absolute atomic E-state index is 14.5. The predicted molar refractivity (Wildman–Crippen MR) is 102 cm³/mol. The average molecular weight is 407 g/mol. The summed E-state index contributed by atoms with van der Waals surface area (Å²) in [5, 5.41) is 0. The highest BCUT2D eigenvalue weighted by molar-refractivity contribution is 6.07. The fourth-order valence-corrected chi connectivity index (χ4v) is 2.97. The Morgan fingerprint density at radius 2 is 1.90 bits per heavy atom. The number of halogens is 3. The zero-order valence-electron chi connectivity index (χ0n) is 15.7. The van der Waals surface area contributed by atoms with Gasteiger partial charge in [0.05, 0.1) is 26.0 Å². The van der Waals surface area contributed by atoms with Crippen molar-refractivity contribution in [3.63, 3.8) is 0 Å². The zero-order valence-corrected chi connectivity index (χ0v) is 15.7. The van der Waals surface area contributed by atoms with E-state index in [1.807, 2.05) is 4.90 Å². The molecule has 3 rings (SSSR count). The highest BCUT2D eigenvalue weighted by atomic mass is 19.3. The Bertz CT molecular complexity index is 895. The molecular weight excluding hydrogens is 387 g/mol. The number of benzene rings is 2. The topological polar surface area (TPSA) is 48.0 Å². The minimum absolute atomic E-state index is 0.141. The molecule has 0 amide bonds. The van der Waals surface area contributed by atoms with Gasteiger partial charge in [-0.05, 0) is 42.0 Å². The molecule has 0 unspecified atom stereocenters. The smallest absolute Gasteiger partial charge is 0.387 e. The fourth-order valence-electron chi connectivity index (χ4n) is 2.97. The number of alkyl halides is 2. The van der Waals surface area contributed by atoms with Crippen LogP contribution in [-0.2, 0) is 4.74 Å². The minimum atomic E-state index is -3.00. The van der Waals surface area contributed by atoms with Crippen LogP contribution in [0.25, 0.3) is 6.08 Å². The molecule has 0 atom stereocenters. The van der Waals surface area contributed by atoms with E-state index in [1.54, 1.807) is 18.2 Å². The Kier molecular flexibility index (Phi) is 6.77. The van der Waals surface area contributed by atoms with Crippen LogP contribution in [0.15, 0.2) is 42.5 Å². The third-order valence-corrected chi connectivity index (χ3v) is 4.41. The summed E-state index contributed by atoms with van der Waals surface area (Å²) < 4.78 is 54.1. The summed E-state index contributed by atoms with van der Waals surface area (Å²) in [6.45, 7) is -0.767. The largest absolute Gasteiger partial charge is 0.493 e. The van der Waals surface area contributed by atoms with E-state index < -0.39 is 18.2 Å². The van der Waals surface area contributed by atoms with E-state index in [0.29, 0.717) is 37.6 Å². The average Bonchev–Trinajstić information content (AvgIpc) is 2.72. The molecule has 0 saturated carbocycles. The Morgan fingerprint density at radius 3 is 2.55 bits per heavy atom. The minimum Gasteiger partial charge on any atom is -0.493 e. The van der Waals surface area contributed by atoms with Crippen molar-refractivity contribution in [1.82, 2.24) is 0 Å². The van der Waals surface area contributed by atoms with Crippen LogP contribution in [0.2, 0.25) is 0 Å². The summed E-state index contributed by atoms with van der Waals surface area (Å²) in [5.74, 6) is -0.889. The van der Waals surface area contributed by atoms with Crippen molar-refractivity contribution in [2.75, 3.05) is 38.3 Å². The number of allylic oxidation sites excluding steroid dienone is 1. The van der Waals surface area contributed by atoms with Crippen LogP contribution in [0.1, 0.15) is 15.9 Å². The first-order chi connectivity index (χ1) is 14.0. The van der Waals surface area contributed by atoms with Gasteiger partial charge >= 0.3 is 6.61 Å². The van der Waals surface area contributed by atoms with E-state index in [9.17, 15) is 18.0 Å². The number of nitrogens with zero attached hydrogens (tertiary/aromatic N) is 1. The van der Waals surface area contributed by atoms with Crippen LogP contribution in [-0.4, -0.2) is 45.8 Å². The quantitative estimate of drug-likeness (QED) is 0.509. The lowest BCUT2D eigenvalue weighted by Gasteiger charge is -2.29. The van der Waals surface area contributed by atoms with Gasteiger partial charge in [0.25, 0.3) is 0 Å². The number of methoxy groups -OCH3 is 1. The van der Waals surface area contributed by atoms with Crippen LogP contribution in [0.4, 0.5) is 18.9 Å². The Balaban J connectivity index is 1.74. The molecule has 0 N–H and O–H groups in total. The molecule has 1 aliphatic heterocycles. The number of carbonyl (C=O) groups excluding carboxylic acids is 1. The number of rotatable bonds is 7. The normalized spacial score (nSPS) is 14.4. The van der Waals surface area contributed by atoms with Crippen molar-refractivity contribution in [3.8, 4) is 11.5 Å². The monoisotopic (exact) mass is 407 g/mol. The van der Waals surface area contributed by atoms with Crippen LogP contribution in [0.5, 0.6) is 11.5 Å². The maximum Gasteiger partial charge on any atom is 0.387 e. The van der Waals surface area contributed by atoms with E-state index in [0.717, 1.165) is 0 Å². The molecule has 29 heavy (non-hydrogen) atoms. The molecule has 2 aromatic rings. The first-order valence-corrected chi connectivity index (χ1v) is 8.95. The number of ether oxygens (including phenoxy) is 3. The number of anilines is 1. The van der Waals surface area contributed by atoms with Crippen molar-refractivity contribution < 1.29 is 32.2 Å². The van der Waals surface area contributed by atoms with Gasteiger partial charge in [-0.15, -0.1) is 0 Å². The third kappa shape index (κ3) is 5.29. The summed E-state index contributed by atoms with van der Waals surface area (Å²) in [6.07, 6.45) is 2.69. The third-order valence-electron chi connectivity index (χ3n) is 4.41. The first-order valence-electron chi connectivity index (χ1n) is 8.95. The van der Waals surface area contributed by atoms with Gasteiger partial charge in [-0.25, -0.2) is 4.39 Å². The molecule has 1 aliphatic rings. The molecule has 154 valence electrons. The molecule has 8 heteroatoms. The summed E-state index contributed by atoms with van der Waals surface area (Å²) in [5.41, 5.74) is 1.08. The molecule has 0 spiro atoms. The van der Waals surface area contributed by atoms with E-state index in [4.69, 9.17) is 9.47 Å². The van der Waals surface area contributed by atoms with Crippen molar-refractivity contribution in [1.29, 1.82) is 0 Å². The van der Waals surface area contributed by atoms with Crippen molar-refractivity contribution in [3.05, 3.63) is 59.4 Å². The highest BCUT2D eigenvalue weighted by Crippen LogP contribution is 2.30. The second kappa shape index (κ2) is 9.47. The zero-order chi connectivity index (χ0) is 20.8. The molecule has 1 saturated heterocycles. The van der Waals surface area contributed by atoms with Crippen molar-refractivity contribution in [2.45, 2.75) is 6.61 Å². The summed E-state index contributed by atoms with van der Waals surface area (Å²) in [6, 6.07) is 8.69. The van der Waals surface area contributed by atoms with Gasteiger partial charge in [-0.1, -0.05) is 12.1 Å². The van der Waals surface area contributed by atoms with Gasteiger partial charge in [-0.3, -0.25) is 4.79 Å². The van der Waals surface area contributed by atoms with Crippen molar-refractivity contribution >= 4 is 17.5 Å². The number of morpholine rings is 1. The standard InChI is InChI=1S/C21H20F3NO4/c1-27-19-7-3-14(12-20(19)29-21(23)24)2-6-18(26)15-4-5-17(16(22)13-15)25-8-10-28-11-9-25/h2-7,12-13,21H,8-11H2,1H3. The van der Waals surface area contributed by atoms with E-state index >= 15 is 0 Å². The van der Waals surface area contributed by atoms with Gasteiger partial charge in [0.1, 0.15) is 5.82 Å². The Hall–Kier alpha value is -3.00. The summed E-state index contributed by atoms with van der Waals surface area (Å²) in [4.78, 5) is 14.2. The predicted octanol–water partition coefficient (Wildman–Crippen LogP) is 4.17. The lowest BCUT2D eigenvalue weighted by molar-refractivity contribution is -0.0512. The van der Waals surface area contributed by atoms with Crippen LogP contribution >= 0.6 is 0 Å². The Labute approximate surface area is 166 Å². The molecule has 2 aromatic carbocycles. The lowest BCUT2D eigenvalue weighted by atomic mass is 10.1. The Morgan fingerprint density at radius 1 is 1.14 bits per heavy atom. The second-order valence-corrected chi connectivity index (χ2v) is 6.25. The fraction of sp³-hybridized carbons (Fsp3) is 0.286.